The molecule has 0 radical (unpaired) electrons. The fourth-order valence-electron chi connectivity index (χ4n) is 0.681. The molecule has 0 saturated carbocycles. The monoisotopic (exact) mass is 210 g/mol. The normalized spacial score (nSPS) is 10.4. The second-order valence-electron chi connectivity index (χ2n) is 2.71. The van der Waals surface area contributed by atoms with Crippen LogP contribution < -0.4 is 5.32 Å². The van der Waals surface area contributed by atoms with Gasteiger partial charge in [0.2, 0.25) is 0 Å². The van der Waals surface area contributed by atoms with Crippen LogP contribution in [-0.2, 0) is 4.74 Å². The van der Waals surface area contributed by atoms with Crippen molar-refractivity contribution in [3.63, 3.8) is 0 Å². The van der Waals surface area contributed by atoms with E-state index in [-0.39, 0.29) is 19.2 Å². The number of rotatable bonds is 6. The van der Waals surface area contributed by atoms with Crippen molar-refractivity contribution in [2.45, 2.75) is 13.3 Å². The summed E-state index contributed by atoms with van der Waals surface area (Å²) in [5, 5.41) is 2.52. The number of carbonyl (C=O) groups is 1. The Morgan fingerprint density at radius 1 is 1.57 bits per heavy atom. The summed E-state index contributed by atoms with van der Waals surface area (Å²) in [6, 6.07) is -0.229. The van der Waals surface area contributed by atoms with Crippen molar-refractivity contribution in [3.8, 4) is 0 Å². The minimum atomic E-state index is -2.45. The van der Waals surface area contributed by atoms with Crippen molar-refractivity contribution < 1.29 is 18.3 Å². The highest BCUT2D eigenvalue weighted by atomic mass is 19.3. The van der Waals surface area contributed by atoms with E-state index in [9.17, 15) is 13.6 Å². The third-order valence-electron chi connectivity index (χ3n) is 1.59. The van der Waals surface area contributed by atoms with Gasteiger partial charge in [-0.05, 0) is 6.92 Å². The number of hydrogen-bond donors (Lipinski definition) is 1. The second kappa shape index (κ2) is 7.49. The average molecular weight is 210 g/mol. The van der Waals surface area contributed by atoms with Crippen molar-refractivity contribution in [2.24, 2.45) is 0 Å². The van der Waals surface area contributed by atoms with E-state index in [1.54, 1.807) is 7.05 Å². The molecule has 0 atom stereocenters. The number of alkyl halides is 2. The lowest BCUT2D eigenvalue weighted by atomic mass is 10.6. The highest BCUT2D eigenvalue weighted by Gasteiger charge is 2.05. The number of carbonyl (C=O) groups excluding carboxylic acids is 1. The molecule has 0 aliphatic heterocycles. The summed E-state index contributed by atoms with van der Waals surface area (Å²) in [6.07, 6.45) is -2.45. The summed E-state index contributed by atoms with van der Waals surface area (Å²) < 4.78 is 27.7. The van der Waals surface area contributed by atoms with Crippen molar-refractivity contribution in [1.82, 2.24) is 10.2 Å². The number of hydrogen-bond acceptors (Lipinski definition) is 2. The SMILES string of the molecule is CCN(C)C(=O)NCCOCC(F)F. The number of urea groups is 1. The van der Waals surface area contributed by atoms with E-state index in [2.05, 4.69) is 10.1 Å². The Labute approximate surface area is 82.2 Å². The molecule has 6 heteroatoms. The van der Waals surface area contributed by atoms with Crippen LogP contribution in [0.25, 0.3) is 0 Å². The van der Waals surface area contributed by atoms with Crippen molar-refractivity contribution in [1.29, 1.82) is 0 Å². The van der Waals surface area contributed by atoms with Gasteiger partial charge in [-0.15, -0.1) is 0 Å². The predicted octanol–water partition coefficient (Wildman–Crippen LogP) is 0.929. The molecule has 0 spiro atoms. The van der Waals surface area contributed by atoms with E-state index >= 15 is 0 Å². The zero-order chi connectivity index (χ0) is 11.0. The van der Waals surface area contributed by atoms with Crippen LogP contribution in [0.3, 0.4) is 0 Å². The van der Waals surface area contributed by atoms with Gasteiger partial charge in [0.05, 0.1) is 6.61 Å². The molecular formula is C8H16F2N2O2. The second-order valence-corrected chi connectivity index (χ2v) is 2.71. The summed E-state index contributed by atoms with van der Waals surface area (Å²) >= 11 is 0. The quantitative estimate of drug-likeness (QED) is 0.662. The number of nitrogens with one attached hydrogen (secondary N) is 1. The fourth-order valence-corrected chi connectivity index (χ4v) is 0.681. The zero-order valence-corrected chi connectivity index (χ0v) is 8.43. The van der Waals surface area contributed by atoms with Gasteiger partial charge in [-0.1, -0.05) is 0 Å². The van der Waals surface area contributed by atoms with Gasteiger partial charge in [0.1, 0.15) is 6.61 Å². The maximum absolute atomic E-state index is 11.6. The number of nitrogens with zero attached hydrogens (tertiary/aromatic N) is 1. The van der Waals surface area contributed by atoms with Gasteiger partial charge in [-0.25, -0.2) is 13.6 Å². The predicted molar refractivity (Wildman–Crippen MR) is 48.5 cm³/mol. The third-order valence-corrected chi connectivity index (χ3v) is 1.59. The lowest BCUT2D eigenvalue weighted by Gasteiger charge is -2.15. The minimum Gasteiger partial charge on any atom is -0.374 e. The zero-order valence-electron chi connectivity index (χ0n) is 8.43. The molecule has 0 heterocycles. The van der Waals surface area contributed by atoms with Crippen LogP contribution in [0.15, 0.2) is 0 Å². The van der Waals surface area contributed by atoms with Crippen molar-refractivity contribution in [3.05, 3.63) is 0 Å². The molecule has 0 rings (SSSR count). The first kappa shape index (κ1) is 13.1. The average Bonchev–Trinajstić information content (AvgIpc) is 2.15. The van der Waals surface area contributed by atoms with Gasteiger partial charge in [0.15, 0.2) is 0 Å². The number of ether oxygens (including phenoxy) is 1. The molecule has 4 nitrogen and oxygen atoms in total. The van der Waals surface area contributed by atoms with Crippen LogP contribution in [0, 0.1) is 0 Å². The van der Waals surface area contributed by atoms with Crippen molar-refractivity contribution >= 4 is 6.03 Å². The Morgan fingerprint density at radius 2 is 2.21 bits per heavy atom. The molecule has 0 aromatic rings. The van der Waals surface area contributed by atoms with Crippen LogP contribution in [0.2, 0.25) is 0 Å². The van der Waals surface area contributed by atoms with Gasteiger partial charge in [0, 0.05) is 20.1 Å². The van der Waals surface area contributed by atoms with Crippen molar-refractivity contribution in [2.75, 3.05) is 33.4 Å². The fraction of sp³-hybridized carbons (Fsp3) is 0.875. The van der Waals surface area contributed by atoms with E-state index in [0.717, 1.165) is 0 Å². The molecule has 0 aliphatic rings. The lowest BCUT2D eigenvalue weighted by molar-refractivity contribution is 0.0191. The molecule has 0 aromatic heterocycles. The Kier molecular flexibility index (Phi) is 7.00. The van der Waals surface area contributed by atoms with Gasteiger partial charge >= 0.3 is 6.03 Å². The highest BCUT2D eigenvalue weighted by molar-refractivity contribution is 5.73. The van der Waals surface area contributed by atoms with E-state index in [1.165, 1.54) is 4.90 Å². The Hall–Kier alpha value is -0.910. The summed E-state index contributed by atoms with van der Waals surface area (Å²) in [4.78, 5) is 12.6. The van der Waals surface area contributed by atoms with Crippen LogP contribution in [0.1, 0.15) is 6.92 Å². The molecule has 1 N–H and O–H groups in total. The molecule has 0 aromatic carbocycles. The van der Waals surface area contributed by atoms with Crippen LogP contribution in [0.4, 0.5) is 13.6 Å². The molecule has 14 heavy (non-hydrogen) atoms. The molecule has 0 saturated heterocycles. The summed E-state index contributed by atoms with van der Waals surface area (Å²) in [6.45, 7) is 2.21. The van der Waals surface area contributed by atoms with Gasteiger partial charge in [0.25, 0.3) is 6.43 Å². The first-order valence-corrected chi connectivity index (χ1v) is 4.42. The van der Waals surface area contributed by atoms with E-state index < -0.39 is 13.0 Å². The molecule has 2 amide bonds. The number of halogens is 2. The first-order valence-electron chi connectivity index (χ1n) is 4.42. The van der Waals surface area contributed by atoms with Crippen LogP contribution in [0.5, 0.6) is 0 Å². The third kappa shape index (κ3) is 6.59. The topological polar surface area (TPSA) is 41.6 Å². The van der Waals surface area contributed by atoms with Gasteiger partial charge < -0.3 is 15.0 Å². The van der Waals surface area contributed by atoms with Gasteiger partial charge in [-0.2, -0.15) is 0 Å². The lowest BCUT2D eigenvalue weighted by Crippen LogP contribution is -2.38. The largest absolute Gasteiger partial charge is 0.374 e. The Bertz CT molecular complexity index is 167. The van der Waals surface area contributed by atoms with E-state index in [4.69, 9.17) is 0 Å². The highest BCUT2D eigenvalue weighted by Crippen LogP contribution is 1.91. The maximum Gasteiger partial charge on any atom is 0.317 e. The van der Waals surface area contributed by atoms with E-state index in [0.29, 0.717) is 6.54 Å². The van der Waals surface area contributed by atoms with Gasteiger partial charge in [-0.3, -0.25) is 0 Å². The molecule has 0 fully saturated rings. The first-order chi connectivity index (χ1) is 6.57. The molecular weight excluding hydrogens is 194 g/mol. The summed E-state index contributed by atoms with van der Waals surface area (Å²) in [7, 11) is 1.65. The molecule has 0 bridgehead atoms. The minimum absolute atomic E-state index is 0.105. The number of amides is 2. The summed E-state index contributed by atoms with van der Waals surface area (Å²) in [5.74, 6) is 0. The van der Waals surface area contributed by atoms with Crippen LogP contribution >= 0.6 is 0 Å². The molecule has 0 aliphatic carbocycles. The molecule has 0 unspecified atom stereocenters. The smallest absolute Gasteiger partial charge is 0.317 e. The Balaban J connectivity index is 3.32. The molecule has 84 valence electrons. The standard InChI is InChI=1S/C8H16F2N2O2/c1-3-12(2)8(13)11-4-5-14-6-7(9)10/h7H,3-6H2,1-2H3,(H,11,13). The van der Waals surface area contributed by atoms with E-state index in [1.807, 2.05) is 6.92 Å². The Morgan fingerprint density at radius 3 is 2.71 bits per heavy atom. The maximum atomic E-state index is 11.6. The van der Waals surface area contributed by atoms with Crippen LogP contribution in [-0.4, -0.2) is 50.7 Å². The summed E-state index contributed by atoms with van der Waals surface area (Å²) in [5.41, 5.74) is 0.